The van der Waals surface area contributed by atoms with Crippen molar-refractivity contribution in [3.8, 4) is 0 Å². The molecule has 0 aromatic carbocycles. The predicted molar refractivity (Wildman–Crippen MR) is 145 cm³/mol. The number of carbonyl (C=O) groups is 2. The van der Waals surface area contributed by atoms with Crippen molar-refractivity contribution in [2.24, 2.45) is 5.73 Å². The number of carbonyl (C=O) groups excluding carboxylic acids is 1. The third-order valence-corrected chi connectivity index (χ3v) is 8.66. The minimum absolute atomic E-state index is 0.896. The topological polar surface area (TPSA) is 368 Å². The molecule has 278 valence electrons. The summed E-state index contributed by atoms with van der Waals surface area (Å²) in [5.41, 5.74) is 6.21. The molecule has 0 saturated carbocycles. The van der Waals surface area contributed by atoms with Crippen molar-refractivity contribution in [2.75, 3.05) is 19.8 Å². The Balaban J connectivity index is 1.55. The molecule has 4 aliphatic heterocycles. The van der Waals surface area contributed by atoms with E-state index in [0.717, 1.165) is 0 Å². The van der Waals surface area contributed by atoms with Gasteiger partial charge in [-0.15, -0.1) is 0 Å². The average molecular weight is 706 g/mol. The molecule has 4 saturated heterocycles. The fraction of sp³-hybridized carbons (Fsp3) is 0.923. The summed E-state index contributed by atoms with van der Waals surface area (Å²) in [6.07, 6.45) is -31.0. The zero-order chi connectivity index (χ0) is 35.8. The lowest BCUT2D eigenvalue weighted by molar-refractivity contribution is -0.365. The van der Waals surface area contributed by atoms with Crippen LogP contribution in [0.2, 0.25) is 0 Å². The molecule has 0 radical (unpaired) electrons. The van der Waals surface area contributed by atoms with Gasteiger partial charge < -0.3 is 100 Å². The molecule has 0 aliphatic carbocycles. The summed E-state index contributed by atoms with van der Waals surface area (Å²) in [6, 6.07) is -1.72. The first-order chi connectivity index (χ1) is 22.5. The second kappa shape index (κ2) is 15.7. The summed E-state index contributed by atoms with van der Waals surface area (Å²) in [6.45, 7) is -1.56. The first-order valence-electron chi connectivity index (χ1n) is 14.9. The molecular formula is C26H43NO21. The van der Waals surface area contributed by atoms with E-state index in [1.807, 2.05) is 0 Å². The van der Waals surface area contributed by atoms with E-state index in [-0.39, 0.29) is 0 Å². The van der Waals surface area contributed by atoms with Crippen molar-refractivity contribution in [3.63, 3.8) is 0 Å². The molecule has 22 heteroatoms. The number of Topliss-reactive ketones (excluding diaryl/α,β-unsaturated/α-hetero) is 1. The van der Waals surface area contributed by atoms with Gasteiger partial charge in [-0.1, -0.05) is 0 Å². The molecule has 4 rings (SSSR count). The van der Waals surface area contributed by atoms with Crippen LogP contribution in [0.25, 0.3) is 0 Å². The summed E-state index contributed by atoms with van der Waals surface area (Å²) < 4.78 is 38.0. The minimum Gasteiger partial charge on any atom is -0.477 e. The monoisotopic (exact) mass is 705 g/mol. The van der Waals surface area contributed by atoms with Crippen LogP contribution in [0.1, 0.15) is 13.3 Å². The Morgan fingerprint density at radius 2 is 1.52 bits per heavy atom. The maximum absolute atomic E-state index is 13.2. The third-order valence-electron chi connectivity index (χ3n) is 8.66. The van der Waals surface area contributed by atoms with Gasteiger partial charge >= 0.3 is 5.97 Å². The Bertz CT molecular complexity index is 1100. The second-order valence-electron chi connectivity index (χ2n) is 12.0. The molecule has 48 heavy (non-hydrogen) atoms. The highest BCUT2D eigenvalue weighted by Crippen LogP contribution is 2.35. The lowest BCUT2D eigenvalue weighted by Crippen LogP contribution is -2.68. The summed E-state index contributed by atoms with van der Waals surface area (Å²) in [7, 11) is 0. The van der Waals surface area contributed by atoms with E-state index in [2.05, 4.69) is 0 Å². The summed E-state index contributed by atoms with van der Waals surface area (Å²) in [5, 5.41) is 122. The van der Waals surface area contributed by atoms with Gasteiger partial charge in [-0.05, 0) is 6.92 Å². The number of aliphatic hydroxyl groups excluding tert-OH is 10. The molecule has 14 N–H and O–H groups in total. The van der Waals surface area contributed by atoms with Crippen LogP contribution in [-0.2, 0) is 42.7 Å². The Morgan fingerprint density at radius 1 is 0.875 bits per heavy atom. The lowest BCUT2D eigenvalue weighted by atomic mass is 9.92. The molecular weight excluding hydrogens is 662 g/mol. The number of ether oxygens (including phenoxy) is 7. The molecule has 4 heterocycles. The average Bonchev–Trinajstić information content (AvgIpc) is 3.05. The maximum atomic E-state index is 13.2. The highest BCUT2D eigenvalue weighted by molar-refractivity contribution is 5.89. The highest BCUT2D eigenvalue weighted by atomic mass is 16.7. The zero-order valence-electron chi connectivity index (χ0n) is 25.3. The lowest BCUT2D eigenvalue weighted by Gasteiger charge is -2.48. The van der Waals surface area contributed by atoms with Crippen LogP contribution in [0.3, 0.4) is 0 Å². The van der Waals surface area contributed by atoms with E-state index >= 15 is 0 Å². The fourth-order valence-corrected chi connectivity index (χ4v) is 5.80. The van der Waals surface area contributed by atoms with E-state index < -0.39 is 154 Å². The number of carboxylic acid groups (broad SMARTS) is 1. The molecule has 0 unspecified atom stereocenters. The van der Waals surface area contributed by atoms with Crippen LogP contribution >= 0.6 is 0 Å². The SMILES string of the molecule is C[C@@H]1O[C@@H](O[C@@H]2[C@H](O)[C@H](O[C@H]3C(=O)[C@@H](CO)O[C@@H](O[C@@H]4C[C@](O)(C(=O)O)O[C@H]([C@H](O)CO)[C@@H]4O)[C@@H]3N)O[C@H](CO)[C@H]2O)[C@@H](O)[C@H](O)[C@@H]1O. The Kier molecular flexibility index (Phi) is 12.8. The quantitative estimate of drug-likeness (QED) is 0.0948. The van der Waals surface area contributed by atoms with E-state index in [4.69, 9.17) is 38.9 Å². The number of nitrogens with two attached hydrogens (primary N) is 1. The van der Waals surface area contributed by atoms with Gasteiger partial charge in [0.2, 0.25) is 0 Å². The molecule has 0 spiro atoms. The first kappa shape index (κ1) is 39.2. The molecule has 0 aromatic rings. The van der Waals surface area contributed by atoms with Crippen LogP contribution in [0, 0.1) is 0 Å². The number of ketones is 1. The van der Waals surface area contributed by atoms with Crippen molar-refractivity contribution < 1.29 is 104 Å². The van der Waals surface area contributed by atoms with Gasteiger partial charge in [-0.25, -0.2) is 4.79 Å². The zero-order valence-corrected chi connectivity index (χ0v) is 25.3. The summed E-state index contributed by atoms with van der Waals surface area (Å²) in [5.74, 6) is -6.00. The van der Waals surface area contributed by atoms with Crippen LogP contribution in [-0.4, -0.2) is 209 Å². The number of carboxylic acids is 1. The number of aliphatic carboxylic acids is 1. The molecule has 4 fully saturated rings. The Morgan fingerprint density at radius 3 is 2.10 bits per heavy atom. The van der Waals surface area contributed by atoms with E-state index in [9.17, 15) is 70.9 Å². The van der Waals surface area contributed by atoms with Crippen molar-refractivity contribution in [2.45, 2.75) is 129 Å². The minimum atomic E-state index is -3.04. The van der Waals surface area contributed by atoms with Gasteiger partial charge in [0.15, 0.2) is 24.7 Å². The van der Waals surface area contributed by atoms with Crippen LogP contribution in [0.15, 0.2) is 0 Å². The van der Waals surface area contributed by atoms with Crippen LogP contribution in [0.5, 0.6) is 0 Å². The van der Waals surface area contributed by atoms with E-state index in [1.165, 1.54) is 6.92 Å². The first-order valence-corrected chi connectivity index (χ1v) is 14.9. The third kappa shape index (κ3) is 7.67. The normalized spacial score (nSPS) is 49.4. The molecule has 19 atom stereocenters. The molecule has 4 aliphatic rings. The number of rotatable bonds is 11. The predicted octanol–water partition coefficient (Wildman–Crippen LogP) is -8.70. The Hall–Kier alpha value is -1.62. The summed E-state index contributed by atoms with van der Waals surface area (Å²) >= 11 is 0. The maximum Gasteiger partial charge on any atom is 0.364 e. The molecule has 22 nitrogen and oxygen atoms in total. The van der Waals surface area contributed by atoms with Gasteiger partial charge in [0.25, 0.3) is 5.79 Å². The van der Waals surface area contributed by atoms with Crippen LogP contribution < -0.4 is 5.73 Å². The molecule has 0 bridgehead atoms. The largest absolute Gasteiger partial charge is 0.477 e. The second-order valence-corrected chi connectivity index (χ2v) is 12.0. The smallest absolute Gasteiger partial charge is 0.364 e. The van der Waals surface area contributed by atoms with Crippen molar-refractivity contribution >= 4 is 11.8 Å². The number of hydrogen-bond donors (Lipinski definition) is 13. The van der Waals surface area contributed by atoms with Crippen molar-refractivity contribution in [3.05, 3.63) is 0 Å². The van der Waals surface area contributed by atoms with E-state index in [1.54, 1.807) is 0 Å². The Labute approximate surface area is 271 Å². The fourth-order valence-electron chi connectivity index (χ4n) is 5.80. The van der Waals surface area contributed by atoms with Crippen molar-refractivity contribution in [1.82, 2.24) is 0 Å². The van der Waals surface area contributed by atoms with Gasteiger partial charge in [0.05, 0.1) is 38.1 Å². The van der Waals surface area contributed by atoms with Gasteiger partial charge in [0.1, 0.15) is 73.2 Å². The molecule has 0 aromatic heterocycles. The van der Waals surface area contributed by atoms with Gasteiger partial charge in [-0.3, -0.25) is 4.79 Å². The van der Waals surface area contributed by atoms with E-state index in [0.29, 0.717) is 0 Å². The summed E-state index contributed by atoms with van der Waals surface area (Å²) in [4.78, 5) is 25.0. The van der Waals surface area contributed by atoms with Gasteiger partial charge in [-0.2, -0.15) is 0 Å². The van der Waals surface area contributed by atoms with Gasteiger partial charge in [0, 0.05) is 6.42 Å². The highest BCUT2D eigenvalue weighted by Gasteiger charge is 2.57. The standard InChI is InChI=1S/C26H43NO21/c1-6-12(32)16(36)17(37)23(42-6)47-21-15(35)10(5-30)45-24(18(21)38)46-20-11(27)22(44-9(4-29)14(20)34)43-8-2-26(41,25(39)40)48-19(13(8)33)7(31)3-28/h6-13,15-24,28-33,35-38,41H,2-5,27H2,1H3,(H,39,40)/t6-,7+,8+,9+,10+,11+,12+,13+,15+,16+,17-,18-,19+,20+,21-,22+,23-,24-,26+/m0/s1. The number of hydrogen-bond acceptors (Lipinski definition) is 21. The van der Waals surface area contributed by atoms with Crippen molar-refractivity contribution in [1.29, 1.82) is 0 Å². The molecule has 0 amide bonds. The van der Waals surface area contributed by atoms with Crippen LogP contribution in [0.4, 0.5) is 0 Å². The number of aliphatic hydroxyl groups is 11.